The SMILES string of the molecule is O=c1[nH]c(=O)n(Cc2ccccc2)c(Cc2ccccc2)c1Br. The van der Waals surface area contributed by atoms with Gasteiger partial charge >= 0.3 is 5.69 Å². The average molecular weight is 371 g/mol. The largest absolute Gasteiger partial charge is 0.328 e. The lowest BCUT2D eigenvalue weighted by atomic mass is 10.1. The number of hydrogen-bond donors (Lipinski definition) is 1. The Balaban J connectivity index is 2.09. The van der Waals surface area contributed by atoms with Crippen molar-refractivity contribution in [2.24, 2.45) is 0 Å². The Morgan fingerprint density at radius 3 is 2.04 bits per heavy atom. The minimum absolute atomic E-state index is 0.395. The predicted octanol–water partition coefficient (Wildman–Crippen LogP) is 2.94. The molecule has 2 aromatic carbocycles. The zero-order valence-electron chi connectivity index (χ0n) is 12.3. The number of benzene rings is 2. The summed E-state index contributed by atoms with van der Waals surface area (Å²) in [6.45, 7) is 0.414. The van der Waals surface area contributed by atoms with Gasteiger partial charge in [0, 0.05) is 12.1 Å². The Hall–Kier alpha value is -2.40. The van der Waals surface area contributed by atoms with E-state index in [-0.39, 0.29) is 0 Å². The number of halogens is 1. The molecular formula is C18H15BrN2O2. The lowest BCUT2D eigenvalue weighted by Crippen LogP contribution is -2.34. The summed E-state index contributed by atoms with van der Waals surface area (Å²) in [5, 5.41) is 0. The van der Waals surface area contributed by atoms with Crippen molar-refractivity contribution in [3.05, 3.63) is 103 Å². The molecule has 3 rings (SSSR count). The fraction of sp³-hybridized carbons (Fsp3) is 0.111. The van der Waals surface area contributed by atoms with Crippen LogP contribution in [0.5, 0.6) is 0 Å². The second-order valence-electron chi connectivity index (χ2n) is 5.25. The third kappa shape index (κ3) is 3.51. The third-order valence-electron chi connectivity index (χ3n) is 3.64. The minimum atomic E-state index is -0.398. The van der Waals surface area contributed by atoms with Gasteiger partial charge in [0.2, 0.25) is 0 Å². The van der Waals surface area contributed by atoms with Crippen LogP contribution in [0.3, 0.4) is 0 Å². The van der Waals surface area contributed by atoms with E-state index in [0.29, 0.717) is 23.1 Å². The molecule has 0 unspecified atom stereocenters. The van der Waals surface area contributed by atoms with Gasteiger partial charge in [-0.15, -0.1) is 0 Å². The van der Waals surface area contributed by atoms with Crippen molar-refractivity contribution >= 4 is 15.9 Å². The Kier molecular flexibility index (Phi) is 4.57. The molecule has 3 aromatic rings. The standard InChI is InChI=1S/C18H15BrN2O2/c19-16-15(11-13-7-3-1-4-8-13)21(18(23)20-17(16)22)12-14-9-5-2-6-10-14/h1-10H,11-12H2,(H,20,22,23). The van der Waals surface area contributed by atoms with Crippen LogP contribution in [0.25, 0.3) is 0 Å². The molecule has 0 amide bonds. The van der Waals surface area contributed by atoms with Crippen molar-refractivity contribution < 1.29 is 0 Å². The summed E-state index contributed by atoms with van der Waals surface area (Å²) < 4.78 is 2.00. The van der Waals surface area contributed by atoms with Gasteiger partial charge in [-0.3, -0.25) is 14.3 Å². The van der Waals surface area contributed by atoms with E-state index < -0.39 is 11.2 Å². The van der Waals surface area contributed by atoms with E-state index in [9.17, 15) is 9.59 Å². The number of rotatable bonds is 4. The Morgan fingerprint density at radius 2 is 1.43 bits per heavy atom. The van der Waals surface area contributed by atoms with E-state index >= 15 is 0 Å². The molecule has 1 aromatic heterocycles. The normalized spacial score (nSPS) is 10.7. The van der Waals surface area contributed by atoms with Crippen LogP contribution < -0.4 is 11.2 Å². The fourth-order valence-corrected chi connectivity index (χ4v) is 2.94. The number of aromatic amines is 1. The molecule has 0 saturated carbocycles. The van der Waals surface area contributed by atoms with E-state index in [1.165, 1.54) is 0 Å². The van der Waals surface area contributed by atoms with Gasteiger partial charge in [-0.1, -0.05) is 60.7 Å². The van der Waals surface area contributed by atoms with Gasteiger partial charge in [-0.25, -0.2) is 4.79 Å². The number of nitrogens with zero attached hydrogens (tertiary/aromatic N) is 1. The summed E-state index contributed by atoms with van der Waals surface area (Å²) in [6.07, 6.45) is 0.507. The maximum Gasteiger partial charge on any atom is 0.328 e. The maximum atomic E-state index is 12.3. The molecule has 0 bridgehead atoms. The monoisotopic (exact) mass is 370 g/mol. The van der Waals surface area contributed by atoms with E-state index in [0.717, 1.165) is 11.1 Å². The molecule has 0 radical (unpaired) electrons. The first-order valence-corrected chi connectivity index (χ1v) is 8.04. The van der Waals surface area contributed by atoms with Gasteiger partial charge in [0.05, 0.1) is 6.54 Å². The highest BCUT2D eigenvalue weighted by Crippen LogP contribution is 2.16. The van der Waals surface area contributed by atoms with Crippen LogP contribution in [-0.4, -0.2) is 9.55 Å². The van der Waals surface area contributed by atoms with Gasteiger partial charge in [0.25, 0.3) is 5.56 Å². The summed E-state index contributed by atoms with van der Waals surface area (Å²) >= 11 is 3.33. The van der Waals surface area contributed by atoms with E-state index in [2.05, 4.69) is 20.9 Å². The molecule has 1 heterocycles. The Bertz CT molecular complexity index is 915. The van der Waals surface area contributed by atoms with Gasteiger partial charge in [-0.05, 0) is 27.1 Å². The maximum absolute atomic E-state index is 12.3. The van der Waals surface area contributed by atoms with Crippen LogP contribution in [0.4, 0.5) is 0 Å². The summed E-state index contributed by atoms with van der Waals surface area (Å²) in [4.78, 5) is 26.6. The zero-order valence-corrected chi connectivity index (χ0v) is 13.9. The average Bonchev–Trinajstić information content (AvgIpc) is 2.58. The van der Waals surface area contributed by atoms with Gasteiger partial charge < -0.3 is 0 Å². The van der Waals surface area contributed by atoms with Crippen LogP contribution in [0.1, 0.15) is 16.8 Å². The fourth-order valence-electron chi connectivity index (χ4n) is 2.49. The van der Waals surface area contributed by atoms with Gasteiger partial charge in [0.15, 0.2) is 0 Å². The quantitative estimate of drug-likeness (QED) is 0.767. The number of H-pyrrole nitrogens is 1. The zero-order chi connectivity index (χ0) is 16.2. The van der Waals surface area contributed by atoms with E-state index in [1.54, 1.807) is 4.57 Å². The predicted molar refractivity (Wildman–Crippen MR) is 93.8 cm³/mol. The topological polar surface area (TPSA) is 54.9 Å². The molecule has 0 aliphatic carbocycles. The molecule has 0 aliphatic heterocycles. The summed E-state index contributed by atoms with van der Waals surface area (Å²) in [7, 11) is 0. The molecule has 1 N–H and O–H groups in total. The highest BCUT2D eigenvalue weighted by molar-refractivity contribution is 9.10. The number of nitrogens with one attached hydrogen (secondary N) is 1. The first-order chi connectivity index (χ1) is 11.1. The smallest absolute Gasteiger partial charge is 0.292 e. The Morgan fingerprint density at radius 1 is 0.870 bits per heavy atom. The summed E-state index contributed by atoms with van der Waals surface area (Å²) in [6, 6.07) is 19.5. The lowest BCUT2D eigenvalue weighted by molar-refractivity contribution is 0.674. The molecule has 0 aliphatic rings. The first kappa shape index (κ1) is 15.5. The minimum Gasteiger partial charge on any atom is -0.292 e. The van der Waals surface area contributed by atoms with Crippen LogP contribution >= 0.6 is 15.9 Å². The van der Waals surface area contributed by atoms with Crippen molar-refractivity contribution in [1.29, 1.82) is 0 Å². The Labute approximate surface area is 141 Å². The van der Waals surface area contributed by atoms with Crippen LogP contribution in [0.2, 0.25) is 0 Å². The van der Waals surface area contributed by atoms with Gasteiger partial charge in [0.1, 0.15) is 4.47 Å². The second kappa shape index (κ2) is 6.79. The highest BCUT2D eigenvalue weighted by Gasteiger charge is 2.13. The molecule has 23 heavy (non-hydrogen) atoms. The molecule has 4 nitrogen and oxygen atoms in total. The van der Waals surface area contributed by atoms with Crippen molar-refractivity contribution in [1.82, 2.24) is 9.55 Å². The molecule has 0 fully saturated rings. The van der Waals surface area contributed by atoms with E-state index in [1.807, 2.05) is 60.7 Å². The second-order valence-corrected chi connectivity index (χ2v) is 6.05. The number of hydrogen-bond acceptors (Lipinski definition) is 2. The molecule has 0 saturated heterocycles. The van der Waals surface area contributed by atoms with E-state index in [4.69, 9.17) is 0 Å². The summed E-state index contributed by atoms with van der Waals surface area (Å²) in [5.41, 5.74) is 1.93. The van der Waals surface area contributed by atoms with Crippen molar-refractivity contribution in [2.45, 2.75) is 13.0 Å². The lowest BCUT2D eigenvalue weighted by Gasteiger charge is -2.14. The third-order valence-corrected chi connectivity index (χ3v) is 4.46. The highest BCUT2D eigenvalue weighted by atomic mass is 79.9. The van der Waals surface area contributed by atoms with Crippen LogP contribution in [-0.2, 0) is 13.0 Å². The molecule has 5 heteroatoms. The van der Waals surface area contributed by atoms with Crippen LogP contribution in [0.15, 0.2) is 74.7 Å². The van der Waals surface area contributed by atoms with Gasteiger partial charge in [-0.2, -0.15) is 0 Å². The number of aromatic nitrogens is 2. The molecule has 0 atom stereocenters. The first-order valence-electron chi connectivity index (χ1n) is 7.24. The van der Waals surface area contributed by atoms with Crippen molar-refractivity contribution in [3.63, 3.8) is 0 Å². The van der Waals surface area contributed by atoms with Crippen molar-refractivity contribution in [3.8, 4) is 0 Å². The summed E-state index contributed by atoms with van der Waals surface area (Å²) in [5.74, 6) is 0. The van der Waals surface area contributed by atoms with Crippen LogP contribution in [0, 0.1) is 0 Å². The molecule has 0 spiro atoms. The van der Waals surface area contributed by atoms with Crippen molar-refractivity contribution in [2.75, 3.05) is 0 Å². The molecular weight excluding hydrogens is 356 g/mol. The molecule has 116 valence electrons.